The van der Waals surface area contributed by atoms with Gasteiger partial charge in [-0.05, 0) is 22.3 Å². The molecule has 1 aliphatic heterocycles. The molecule has 0 radical (unpaired) electrons. The van der Waals surface area contributed by atoms with Gasteiger partial charge in [0.2, 0.25) is 5.91 Å². The van der Waals surface area contributed by atoms with Crippen LogP contribution in [-0.2, 0) is 23.8 Å². The molecule has 3 unspecified atom stereocenters. The summed E-state index contributed by atoms with van der Waals surface area (Å²) in [6.45, 7) is 0.183. The lowest BCUT2D eigenvalue weighted by molar-refractivity contribution is -0.144. The Morgan fingerprint density at radius 1 is 1.06 bits per heavy atom. The highest BCUT2D eigenvalue weighted by Gasteiger charge is 2.37. The zero-order valence-electron chi connectivity index (χ0n) is 18.2. The van der Waals surface area contributed by atoms with Crippen molar-refractivity contribution < 1.29 is 33.7 Å². The van der Waals surface area contributed by atoms with Gasteiger partial charge in [0.25, 0.3) is 0 Å². The number of carboxylic acid groups (broad SMARTS) is 1. The normalized spacial score (nSPS) is 19.9. The van der Waals surface area contributed by atoms with Crippen molar-refractivity contribution in [1.82, 2.24) is 10.6 Å². The number of fused-ring (bicyclic) bond motifs is 3. The maximum atomic E-state index is 12.6. The predicted octanol–water partition coefficient (Wildman–Crippen LogP) is 1.76. The summed E-state index contributed by atoms with van der Waals surface area (Å²) in [4.78, 5) is 36.4. The van der Waals surface area contributed by atoms with Crippen LogP contribution in [0.1, 0.15) is 17.0 Å². The van der Waals surface area contributed by atoms with Crippen LogP contribution in [0.25, 0.3) is 11.1 Å². The Kier molecular flexibility index (Phi) is 6.90. The van der Waals surface area contributed by atoms with E-state index in [4.69, 9.17) is 14.2 Å². The summed E-state index contributed by atoms with van der Waals surface area (Å²) in [5.74, 6) is -2.54. The minimum absolute atomic E-state index is 0.0689. The number of hydrogen-bond donors (Lipinski definition) is 3. The van der Waals surface area contributed by atoms with Gasteiger partial charge in [-0.3, -0.25) is 4.79 Å². The van der Waals surface area contributed by atoms with Crippen molar-refractivity contribution in [3.05, 3.63) is 59.7 Å². The molecule has 2 aromatic rings. The van der Waals surface area contributed by atoms with Crippen LogP contribution in [0.15, 0.2) is 48.5 Å². The molecule has 0 aromatic heterocycles. The number of alkyl carbamates (subject to hydrolysis) is 1. The number of hydrogen-bond acceptors (Lipinski definition) is 6. The molecule has 2 amide bonds. The third-order valence-corrected chi connectivity index (χ3v) is 6.01. The Morgan fingerprint density at radius 3 is 2.30 bits per heavy atom. The van der Waals surface area contributed by atoms with E-state index in [1.54, 1.807) is 0 Å². The number of amides is 2. The van der Waals surface area contributed by atoms with Gasteiger partial charge in [-0.25, -0.2) is 9.59 Å². The van der Waals surface area contributed by atoms with Crippen molar-refractivity contribution in [2.45, 2.75) is 18.0 Å². The summed E-state index contributed by atoms with van der Waals surface area (Å²) >= 11 is 0. The van der Waals surface area contributed by atoms with Crippen LogP contribution in [-0.4, -0.2) is 68.7 Å². The number of ether oxygens (including phenoxy) is 3. The lowest BCUT2D eigenvalue weighted by Crippen LogP contribution is -2.51. The first-order valence-corrected chi connectivity index (χ1v) is 10.7. The van der Waals surface area contributed by atoms with Gasteiger partial charge in [-0.1, -0.05) is 48.5 Å². The lowest BCUT2D eigenvalue weighted by Gasteiger charge is -2.21. The van der Waals surface area contributed by atoms with Crippen molar-refractivity contribution in [3.63, 3.8) is 0 Å². The Morgan fingerprint density at radius 2 is 1.70 bits per heavy atom. The van der Waals surface area contributed by atoms with Gasteiger partial charge >= 0.3 is 12.1 Å². The number of carbonyl (C=O) groups is 3. The fourth-order valence-electron chi connectivity index (χ4n) is 4.37. The van der Waals surface area contributed by atoms with Crippen LogP contribution in [0.4, 0.5) is 4.79 Å². The molecule has 3 atom stereocenters. The molecule has 33 heavy (non-hydrogen) atoms. The van der Waals surface area contributed by atoms with Crippen molar-refractivity contribution in [2.75, 3.05) is 33.5 Å². The first-order valence-electron chi connectivity index (χ1n) is 10.7. The molecule has 9 nitrogen and oxygen atoms in total. The smallest absolute Gasteiger partial charge is 0.407 e. The van der Waals surface area contributed by atoms with Crippen LogP contribution in [0.2, 0.25) is 0 Å². The molecule has 4 rings (SSSR count). The average Bonchev–Trinajstić information content (AvgIpc) is 3.40. The van der Waals surface area contributed by atoms with Crippen LogP contribution in [0.5, 0.6) is 0 Å². The van der Waals surface area contributed by atoms with Gasteiger partial charge in [0.05, 0.1) is 31.8 Å². The molecule has 1 aliphatic carbocycles. The minimum Gasteiger partial charge on any atom is -0.480 e. The fourth-order valence-corrected chi connectivity index (χ4v) is 4.37. The van der Waals surface area contributed by atoms with Crippen molar-refractivity contribution in [1.29, 1.82) is 0 Å². The number of carbonyl (C=O) groups excluding carboxylic acids is 2. The zero-order chi connectivity index (χ0) is 23.4. The summed E-state index contributed by atoms with van der Waals surface area (Å²) in [5.41, 5.74) is 4.47. The van der Waals surface area contributed by atoms with E-state index in [2.05, 4.69) is 22.8 Å². The van der Waals surface area contributed by atoms with E-state index >= 15 is 0 Å². The minimum atomic E-state index is -1.20. The molecule has 3 N–H and O–H groups in total. The van der Waals surface area contributed by atoms with Gasteiger partial charge in [-0.2, -0.15) is 0 Å². The van der Waals surface area contributed by atoms with Gasteiger partial charge in [0.1, 0.15) is 6.61 Å². The predicted molar refractivity (Wildman–Crippen MR) is 118 cm³/mol. The van der Waals surface area contributed by atoms with E-state index < -0.39 is 36.0 Å². The standard InChI is InChI=1S/C24H26N2O7/c1-31-12-21(23(28)29)25-22(27)19-10-32-13-20(19)26-24(30)33-11-18-16-8-4-2-6-14(16)15-7-3-5-9-17(15)18/h2-9,18-21H,10-13H2,1H3,(H,25,27)(H,26,30)(H,28,29). The number of aliphatic carboxylic acids is 1. The monoisotopic (exact) mass is 454 g/mol. The first-order chi connectivity index (χ1) is 16.0. The quantitative estimate of drug-likeness (QED) is 0.555. The van der Waals surface area contributed by atoms with E-state index in [9.17, 15) is 19.5 Å². The van der Waals surface area contributed by atoms with Crippen LogP contribution in [0.3, 0.4) is 0 Å². The van der Waals surface area contributed by atoms with Crippen molar-refractivity contribution in [3.8, 4) is 11.1 Å². The highest BCUT2D eigenvalue weighted by Crippen LogP contribution is 2.44. The van der Waals surface area contributed by atoms with Gasteiger partial charge < -0.3 is 30.0 Å². The summed E-state index contributed by atoms with van der Waals surface area (Å²) < 4.78 is 15.7. The second-order valence-corrected chi connectivity index (χ2v) is 8.08. The first kappa shape index (κ1) is 22.8. The number of benzene rings is 2. The third-order valence-electron chi connectivity index (χ3n) is 6.01. The number of carboxylic acids is 1. The molecule has 1 heterocycles. The molecule has 0 bridgehead atoms. The maximum absolute atomic E-state index is 12.6. The average molecular weight is 454 g/mol. The van der Waals surface area contributed by atoms with E-state index in [0.29, 0.717) is 0 Å². The summed E-state index contributed by atoms with van der Waals surface area (Å²) in [6.07, 6.45) is -0.656. The van der Waals surface area contributed by atoms with Crippen molar-refractivity contribution >= 4 is 18.0 Å². The third kappa shape index (κ3) is 4.84. The fraction of sp³-hybridized carbons (Fsp3) is 0.375. The molecule has 1 fully saturated rings. The van der Waals surface area contributed by atoms with E-state index in [1.165, 1.54) is 7.11 Å². The number of nitrogens with one attached hydrogen (secondary N) is 2. The Labute approximate surface area is 191 Å². The molecule has 2 aromatic carbocycles. The highest BCUT2D eigenvalue weighted by atomic mass is 16.5. The molecule has 0 saturated carbocycles. The Hall–Kier alpha value is -3.43. The van der Waals surface area contributed by atoms with Crippen LogP contribution < -0.4 is 10.6 Å². The Balaban J connectivity index is 1.36. The van der Waals surface area contributed by atoms with E-state index in [0.717, 1.165) is 22.3 Å². The molecule has 1 saturated heterocycles. The van der Waals surface area contributed by atoms with Gasteiger partial charge in [-0.15, -0.1) is 0 Å². The molecule has 9 heteroatoms. The zero-order valence-corrected chi connectivity index (χ0v) is 18.2. The van der Waals surface area contributed by atoms with Crippen molar-refractivity contribution in [2.24, 2.45) is 5.92 Å². The second-order valence-electron chi connectivity index (χ2n) is 8.08. The SMILES string of the molecule is COCC(NC(=O)C1COCC1NC(=O)OCC1c2ccccc2-c2ccccc21)C(=O)O. The molecule has 2 aliphatic rings. The summed E-state index contributed by atoms with van der Waals surface area (Å²) in [5, 5.41) is 14.3. The molecular formula is C24H26N2O7. The largest absolute Gasteiger partial charge is 0.480 e. The van der Waals surface area contributed by atoms with Crippen LogP contribution >= 0.6 is 0 Å². The van der Waals surface area contributed by atoms with E-state index in [-0.39, 0.29) is 32.3 Å². The molecule has 174 valence electrons. The topological polar surface area (TPSA) is 123 Å². The molecule has 0 spiro atoms. The van der Waals surface area contributed by atoms with Gasteiger partial charge in [0, 0.05) is 13.0 Å². The van der Waals surface area contributed by atoms with Crippen LogP contribution in [0, 0.1) is 5.92 Å². The number of rotatable bonds is 8. The van der Waals surface area contributed by atoms with Gasteiger partial charge in [0.15, 0.2) is 6.04 Å². The number of methoxy groups -OCH3 is 1. The lowest BCUT2D eigenvalue weighted by atomic mass is 9.98. The second kappa shape index (κ2) is 10.0. The summed E-state index contributed by atoms with van der Waals surface area (Å²) in [6, 6.07) is 14.3. The Bertz CT molecular complexity index is 995. The highest BCUT2D eigenvalue weighted by molar-refractivity contribution is 5.86. The molecular weight excluding hydrogens is 428 g/mol. The summed E-state index contributed by atoms with van der Waals surface area (Å²) in [7, 11) is 1.35. The van der Waals surface area contributed by atoms with E-state index in [1.807, 2.05) is 36.4 Å². The maximum Gasteiger partial charge on any atom is 0.407 e.